The van der Waals surface area contributed by atoms with Crippen LogP contribution in [0, 0.1) is 6.57 Å². The van der Waals surface area contributed by atoms with E-state index >= 15 is 0 Å². The van der Waals surface area contributed by atoms with Crippen molar-refractivity contribution in [2.24, 2.45) is 0 Å². The van der Waals surface area contributed by atoms with Gasteiger partial charge in [0.25, 0.3) is 18.7 Å². The van der Waals surface area contributed by atoms with Gasteiger partial charge in [0.15, 0.2) is 0 Å². The minimum absolute atomic E-state index is 0. The van der Waals surface area contributed by atoms with E-state index in [0.717, 1.165) is 12.1 Å². The minimum atomic E-state index is -3.12. The summed E-state index contributed by atoms with van der Waals surface area (Å²) >= 11 is 0.625. The molecule has 3 aromatic rings. The van der Waals surface area contributed by atoms with Gasteiger partial charge >= 0.3 is 28.8 Å². The molecular weight excluding hydrogens is 1200 g/mol. The van der Waals surface area contributed by atoms with E-state index in [0.29, 0.717) is 11.0 Å². The molecule has 0 bridgehead atoms. The molecule has 41 heteroatoms. The Morgan fingerprint density at radius 1 is 0.547 bits per heavy atom. The smallest absolute Gasteiger partial charge is 0.337 e. The van der Waals surface area contributed by atoms with Gasteiger partial charge in [-0.1, -0.05) is 41.9 Å². The van der Waals surface area contributed by atoms with Crippen molar-refractivity contribution in [1.82, 2.24) is 15.0 Å². The van der Waals surface area contributed by atoms with Crippen molar-refractivity contribution in [2.45, 2.75) is 41.6 Å². The summed E-state index contributed by atoms with van der Waals surface area (Å²) in [4.78, 5) is 13.5. The van der Waals surface area contributed by atoms with Gasteiger partial charge < -0.3 is 40.3 Å². The summed E-state index contributed by atoms with van der Waals surface area (Å²) in [6, 6.07) is 9.92. The number of hydrogen-bond acceptors (Lipinski definition) is 12. The number of alkyl halides is 14. The number of nitrogens with zero attached hydrogens (tertiary/aromatic N) is 4. The Labute approximate surface area is 403 Å². The van der Waals surface area contributed by atoms with Crippen LogP contribution in [0.1, 0.15) is 24.0 Å². The fraction of sp³-hybridized carbons (Fsp3) is 0.304. The molecule has 17 nitrogen and oxygen atoms in total. The largest absolute Gasteiger partial charge is 0.384 e. The molecule has 0 saturated heterocycles. The third kappa shape index (κ3) is 48.0. The van der Waals surface area contributed by atoms with E-state index < -0.39 is 97.0 Å². The molecular formula is C23H24Cl3F14N7O10S5Zn2. The molecule has 0 aliphatic heterocycles. The van der Waals surface area contributed by atoms with E-state index in [9.17, 15) is 65.7 Å². The van der Waals surface area contributed by atoms with Crippen LogP contribution in [-0.2, 0) is 98.1 Å². The van der Waals surface area contributed by atoms with Gasteiger partial charge in [-0.2, -0.15) is 47.6 Å². The summed E-state index contributed by atoms with van der Waals surface area (Å²) < 4.78 is 233. The summed E-state index contributed by atoms with van der Waals surface area (Å²) in [5, 5.41) is 0.199. The first-order valence-electron chi connectivity index (χ1n) is 13.3. The standard InChI is InChI=1S/C7H5F2N3.C6H5ClF2N2.C5H5ClN2.CHClF2O2S.4CH2F2O2S.2Zn/c1-11-7-4(6(8)9)2-3-5(10)12-7;7-5-3(6(8)9)1-2-4(10)11-5;6-4-2-1-3-5(7)8-4;2-6-7(5)1(3)4;4*2-1(3)6(4)5;;/h2-3,6H,(H2,10,12);1-2,6H,(H2,10,11);1-3H,(H2,7,8);1H;4*1H,(H,4,5);;. The van der Waals surface area contributed by atoms with E-state index in [4.69, 9.17) is 82.0 Å². The molecule has 0 fully saturated rings. The molecule has 3 heterocycles. The molecule has 0 radical (unpaired) electrons. The molecule has 364 valence electrons. The molecule has 3 aromatic heterocycles. The third-order valence-electron chi connectivity index (χ3n) is 3.96. The van der Waals surface area contributed by atoms with Crippen molar-refractivity contribution in [1.29, 1.82) is 0 Å². The fourth-order valence-electron chi connectivity index (χ4n) is 1.81. The number of rotatable bonds is 8. The molecule has 5 atom stereocenters. The molecule has 5 unspecified atom stereocenters. The van der Waals surface area contributed by atoms with Crippen LogP contribution in [0.5, 0.6) is 0 Å². The predicted molar refractivity (Wildman–Crippen MR) is 200 cm³/mol. The number of halogens is 17. The van der Waals surface area contributed by atoms with Crippen LogP contribution >= 0.6 is 35.1 Å². The van der Waals surface area contributed by atoms with Crippen molar-refractivity contribution in [2.75, 3.05) is 17.2 Å². The number of anilines is 3. The monoisotopic (exact) mass is 1220 g/mol. The Balaban J connectivity index is -0.000000118. The zero-order valence-corrected chi connectivity index (χ0v) is 42.5. The topological polar surface area (TPSA) is 297 Å². The predicted octanol–water partition coefficient (Wildman–Crippen LogP) is 8.49. The van der Waals surface area contributed by atoms with Gasteiger partial charge in [-0.05, 0) is 24.3 Å². The van der Waals surface area contributed by atoms with Gasteiger partial charge in [0.1, 0.15) is 21.9 Å². The number of nitrogens with two attached hydrogens (primary N) is 3. The molecule has 10 N–H and O–H groups in total. The van der Waals surface area contributed by atoms with E-state index in [-0.39, 0.29) is 72.7 Å². The van der Waals surface area contributed by atoms with E-state index in [1.165, 1.54) is 12.1 Å². The van der Waals surface area contributed by atoms with Crippen molar-refractivity contribution in [3.05, 3.63) is 75.3 Å². The molecule has 0 aliphatic rings. The Morgan fingerprint density at radius 3 is 1.06 bits per heavy atom. The number of aromatic nitrogens is 3. The summed E-state index contributed by atoms with van der Waals surface area (Å²) in [7, 11) is 0. The quantitative estimate of drug-likeness (QED) is 0.0366. The first-order valence-corrected chi connectivity index (χ1v) is 20.2. The van der Waals surface area contributed by atoms with E-state index in [1.54, 1.807) is 18.2 Å². The molecule has 0 aliphatic carbocycles. The van der Waals surface area contributed by atoms with Crippen LogP contribution in [0.4, 0.5) is 84.7 Å². The second-order valence-electron chi connectivity index (χ2n) is 8.09. The van der Waals surface area contributed by atoms with Crippen LogP contribution in [-0.4, -0.2) is 83.0 Å². The number of pyridine rings is 3. The Bertz CT molecular complexity index is 1780. The van der Waals surface area contributed by atoms with Gasteiger partial charge in [-0.25, -0.2) is 48.6 Å². The minimum Gasteiger partial charge on any atom is -0.384 e. The Kier molecular flexibility index (Phi) is 53.5. The maximum absolute atomic E-state index is 12.1. The average Bonchev–Trinajstić information content (AvgIpc) is 3.15. The van der Waals surface area contributed by atoms with Crippen molar-refractivity contribution < 1.29 is 143 Å². The fourth-order valence-corrected chi connectivity index (χ4v) is 2.44. The first kappa shape index (κ1) is 76.3. The van der Waals surface area contributed by atoms with Crippen molar-refractivity contribution >= 4 is 114 Å². The van der Waals surface area contributed by atoms with Crippen LogP contribution in [0.3, 0.4) is 0 Å². The molecule has 3 rings (SSSR count). The van der Waals surface area contributed by atoms with Gasteiger partial charge in [-0.15, -0.1) is 4.98 Å². The second-order valence-corrected chi connectivity index (χ2v) is 13.9. The zero-order chi connectivity index (χ0) is 50.0. The van der Waals surface area contributed by atoms with Crippen LogP contribution < -0.4 is 17.2 Å². The van der Waals surface area contributed by atoms with Gasteiger partial charge in [0, 0.05) is 50.6 Å². The number of hydrogen-bond donors (Lipinski definition) is 7. The summed E-state index contributed by atoms with van der Waals surface area (Å²) in [5.74, 6) is -15.2. The maximum atomic E-state index is 12.1. The molecule has 0 spiro atoms. The normalized spacial score (nSPS) is 12.2. The van der Waals surface area contributed by atoms with Crippen molar-refractivity contribution in [3.63, 3.8) is 0 Å². The van der Waals surface area contributed by atoms with E-state index in [1.807, 2.05) is 0 Å². The van der Waals surface area contributed by atoms with Crippen LogP contribution in [0.25, 0.3) is 4.85 Å². The van der Waals surface area contributed by atoms with Crippen molar-refractivity contribution in [3.8, 4) is 0 Å². The molecule has 0 aromatic carbocycles. The molecule has 0 saturated carbocycles. The van der Waals surface area contributed by atoms with Crippen LogP contribution in [0.15, 0.2) is 42.5 Å². The summed E-state index contributed by atoms with van der Waals surface area (Å²) in [5.41, 5.74) is 15.0. The maximum Gasteiger partial charge on any atom is 0.337 e. The van der Waals surface area contributed by atoms with Gasteiger partial charge in [-0.3, -0.25) is 0 Å². The number of nitrogen functional groups attached to an aromatic ring is 3. The summed E-state index contributed by atoms with van der Waals surface area (Å²) in [6.45, 7) is 6.55. The Morgan fingerprint density at radius 2 is 0.859 bits per heavy atom. The Hall–Kier alpha value is -1.97. The molecule has 64 heavy (non-hydrogen) atoms. The SMILES string of the molecule is Nc1ccc(C(F)F)c(Cl)n1.Nc1cccc(Cl)n1.O=S(O)C(F)F.O=S(O)C(F)F.O=S(O)C(F)F.O=S(O)C(F)F.O=S(OCl)C(F)F.[C-]#[N+]c1nc(N)ccc1C(F)F.[Zn].[Zn]. The summed E-state index contributed by atoms with van der Waals surface area (Å²) in [6.07, 6.45) is -5.28. The van der Waals surface area contributed by atoms with Gasteiger partial charge in [0.05, 0.1) is 17.4 Å². The second kappa shape index (κ2) is 44.8. The first-order chi connectivity index (χ1) is 28.3. The zero-order valence-electron chi connectivity index (χ0n) is 30.2. The van der Waals surface area contributed by atoms with E-state index in [2.05, 4.69) is 35.4 Å². The van der Waals surface area contributed by atoms with Gasteiger partial charge in [0.2, 0.25) is 61.2 Å². The third-order valence-corrected chi connectivity index (χ3v) is 6.48. The average molecular weight is 1220 g/mol. The van der Waals surface area contributed by atoms with Crippen LogP contribution in [0.2, 0.25) is 10.3 Å². The molecule has 0 amide bonds.